The van der Waals surface area contributed by atoms with Crippen molar-refractivity contribution < 1.29 is 18.7 Å². The van der Waals surface area contributed by atoms with Crippen molar-refractivity contribution in [1.82, 2.24) is 5.32 Å². The number of rotatable bonds is 6. The molecule has 0 spiro atoms. The Bertz CT molecular complexity index is 888. The molecule has 1 heterocycles. The molecule has 6 heteroatoms. The topological polar surface area (TPSA) is 55.4 Å². The van der Waals surface area contributed by atoms with E-state index in [9.17, 15) is 14.0 Å². The minimum atomic E-state index is -0.748. The van der Waals surface area contributed by atoms with Gasteiger partial charge >= 0.3 is 5.97 Å². The SMILES string of the molecule is CCSCCOC(=O)C1=C(C)NC2=C(C(=O)CC(C)(C)C2)[C@H]1c1ccccc1F. The van der Waals surface area contributed by atoms with Crippen molar-refractivity contribution in [2.45, 2.75) is 46.5 Å². The fraction of sp³-hybridized carbons (Fsp3) is 0.478. The number of halogens is 1. The third-order valence-electron chi connectivity index (χ3n) is 5.34. The molecule has 1 aromatic carbocycles. The Labute approximate surface area is 176 Å². The molecular weight excluding hydrogens is 389 g/mol. The smallest absolute Gasteiger partial charge is 0.336 e. The fourth-order valence-corrected chi connectivity index (χ4v) is 4.63. The van der Waals surface area contributed by atoms with Gasteiger partial charge in [-0.1, -0.05) is 39.0 Å². The lowest BCUT2D eigenvalue weighted by atomic mass is 9.68. The van der Waals surface area contributed by atoms with Gasteiger partial charge in [0.2, 0.25) is 0 Å². The van der Waals surface area contributed by atoms with Crippen LogP contribution in [0.5, 0.6) is 0 Å². The molecule has 1 aliphatic heterocycles. The first-order chi connectivity index (χ1) is 13.7. The molecule has 29 heavy (non-hydrogen) atoms. The minimum Gasteiger partial charge on any atom is -0.461 e. The van der Waals surface area contributed by atoms with Gasteiger partial charge < -0.3 is 10.1 Å². The summed E-state index contributed by atoms with van der Waals surface area (Å²) < 4.78 is 20.3. The van der Waals surface area contributed by atoms with Gasteiger partial charge in [0.05, 0.1) is 11.5 Å². The zero-order valence-corrected chi connectivity index (χ0v) is 18.2. The second-order valence-corrected chi connectivity index (χ2v) is 9.68. The molecule has 0 fully saturated rings. The number of benzene rings is 1. The van der Waals surface area contributed by atoms with Crippen LogP contribution >= 0.6 is 11.8 Å². The number of ether oxygens (including phenoxy) is 1. The molecular formula is C23H28FNO3S. The molecule has 0 saturated heterocycles. The van der Waals surface area contributed by atoms with Gasteiger partial charge in [0.15, 0.2) is 5.78 Å². The second-order valence-electron chi connectivity index (χ2n) is 8.28. The predicted octanol–water partition coefficient (Wildman–Crippen LogP) is 4.73. The number of thioether (sulfide) groups is 1. The summed E-state index contributed by atoms with van der Waals surface area (Å²) in [6, 6.07) is 6.35. The number of carbonyl (C=O) groups excluding carboxylic acids is 2. The number of carbonyl (C=O) groups is 2. The van der Waals surface area contributed by atoms with Crippen LogP contribution in [0.1, 0.15) is 52.0 Å². The third-order valence-corrected chi connectivity index (χ3v) is 6.20. The van der Waals surface area contributed by atoms with E-state index in [1.54, 1.807) is 36.9 Å². The van der Waals surface area contributed by atoms with E-state index in [0.717, 1.165) is 11.4 Å². The first-order valence-corrected chi connectivity index (χ1v) is 11.1. The molecule has 0 unspecified atom stereocenters. The summed E-state index contributed by atoms with van der Waals surface area (Å²) in [6.45, 7) is 8.21. The Morgan fingerprint density at radius 3 is 2.72 bits per heavy atom. The van der Waals surface area contributed by atoms with E-state index >= 15 is 0 Å². The Morgan fingerprint density at radius 1 is 1.31 bits per heavy atom. The summed E-state index contributed by atoms with van der Waals surface area (Å²) in [5.41, 5.74) is 2.38. The molecule has 0 saturated carbocycles. The van der Waals surface area contributed by atoms with Crippen LogP contribution in [-0.4, -0.2) is 29.9 Å². The van der Waals surface area contributed by atoms with E-state index < -0.39 is 17.7 Å². The van der Waals surface area contributed by atoms with Crippen molar-refractivity contribution in [3.8, 4) is 0 Å². The van der Waals surface area contributed by atoms with Gasteiger partial charge in [0.25, 0.3) is 0 Å². The van der Waals surface area contributed by atoms with E-state index in [0.29, 0.717) is 41.0 Å². The number of hydrogen-bond donors (Lipinski definition) is 1. The van der Waals surface area contributed by atoms with Crippen molar-refractivity contribution >= 4 is 23.5 Å². The van der Waals surface area contributed by atoms with Crippen LogP contribution in [0.2, 0.25) is 0 Å². The van der Waals surface area contributed by atoms with Gasteiger partial charge in [-0.05, 0) is 30.6 Å². The highest BCUT2D eigenvalue weighted by Crippen LogP contribution is 2.47. The lowest BCUT2D eigenvalue weighted by molar-refractivity contribution is -0.138. The van der Waals surface area contributed by atoms with Crippen molar-refractivity contribution in [3.05, 3.63) is 58.2 Å². The zero-order chi connectivity index (χ0) is 21.2. The lowest BCUT2D eigenvalue weighted by Crippen LogP contribution is -2.39. The van der Waals surface area contributed by atoms with E-state index in [4.69, 9.17) is 4.74 Å². The Balaban J connectivity index is 2.05. The molecule has 1 N–H and O–H groups in total. The quantitative estimate of drug-likeness (QED) is 0.536. The molecule has 0 radical (unpaired) electrons. The highest BCUT2D eigenvalue weighted by Gasteiger charge is 2.43. The van der Waals surface area contributed by atoms with Crippen LogP contribution in [0, 0.1) is 11.2 Å². The number of allylic oxidation sites excluding steroid dienone is 3. The van der Waals surface area contributed by atoms with E-state index in [2.05, 4.69) is 5.32 Å². The van der Waals surface area contributed by atoms with E-state index in [1.165, 1.54) is 6.07 Å². The first-order valence-electron chi connectivity index (χ1n) is 9.98. The minimum absolute atomic E-state index is 0.0451. The summed E-state index contributed by atoms with van der Waals surface area (Å²) in [4.78, 5) is 26.1. The fourth-order valence-electron chi connectivity index (χ4n) is 4.14. The Morgan fingerprint density at radius 2 is 2.03 bits per heavy atom. The summed E-state index contributed by atoms with van der Waals surface area (Å²) in [5.74, 6) is -0.0708. The number of esters is 1. The van der Waals surface area contributed by atoms with Crippen molar-refractivity contribution in [3.63, 3.8) is 0 Å². The number of Topliss-reactive ketones (excluding diaryl/α,β-unsaturated/α-hetero) is 1. The summed E-state index contributed by atoms with van der Waals surface area (Å²) >= 11 is 1.68. The summed E-state index contributed by atoms with van der Waals surface area (Å²) in [5, 5.41) is 3.27. The molecule has 3 rings (SSSR count). The van der Waals surface area contributed by atoms with Crippen molar-refractivity contribution in [2.24, 2.45) is 5.41 Å². The number of hydrogen-bond acceptors (Lipinski definition) is 5. The average molecular weight is 418 g/mol. The molecule has 0 amide bonds. The molecule has 1 aliphatic carbocycles. The molecule has 4 nitrogen and oxygen atoms in total. The van der Waals surface area contributed by atoms with Gasteiger partial charge in [-0.2, -0.15) is 11.8 Å². The summed E-state index contributed by atoms with van der Waals surface area (Å²) in [6.07, 6.45) is 1.04. The highest BCUT2D eigenvalue weighted by molar-refractivity contribution is 7.99. The van der Waals surface area contributed by atoms with Crippen LogP contribution in [-0.2, 0) is 14.3 Å². The van der Waals surface area contributed by atoms with E-state index in [1.807, 2.05) is 20.8 Å². The van der Waals surface area contributed by atoms with Crippen LogP contribution < -0.4 is 5.32 Å². The average Bonchev–Trinajstić information content (AvgIpc) is 2.63. The maximum absolute atomic E-state index is 14.8. The standard InChI is InChI=1S/C23H28FNO3S/c1-5-29-11-10-28-22(27)19-14(2)25-17-12-23(3,4)13-18(26)21(17)20(19)15-8-6-7-9-16(15)24/h6-9,20,25H,5,10-13H2,1-4H3/t20-/m0/s1. The van der Waals surface area contributed by atoms with Crippen LogP contribution in [0.3, 0.4) is 0 Å². The largest absolute Gasteiger partial charge is 0.461 e. The second kappa shape index (κ2) is 8.74. The predicted molar refractivity (Wildman–Crippen MR) is 114 cm³/mol. The summed E-state index contributed by atoms with van der Waals surface area (Å²) in [7, 11) is 0. The van der Waals surface area contributed by atoms with Gasteiger partial charge in [-0.3, -0.25) is 4.79 Å². The van der Waals surface area contributed by atoms with E-state index in [-0.39, 0.29) is 17.8 Å². The van der Waals surface area contributed by atoms with Gasteiger partial charge in [0, 0.05) is 34.7 Å². The van der Waals surface area contributed by atoms with Crippen LogP contribution in [0.25, 0.3) is 0 Å². The molecule has 0 aromatic heterocycles. The van der Waals surface area contributed by atoms with Gasteiger partial charge in [0.1, 0.15) is 12.4 Å². The third kappa shape index (κ3) is 4.58. The Hall–Kier alpha value is -2.08. The molecule has 2 aliphatic rings. The monoisotopic (exact) mass is 417 g/mol. The lowest BCUT2D eigenvalue weighted by Gasteiger charge is -2.39. The highest BCUT2D eigenvalue weighted by atomic mass is 32.2. The zero-order valence-electron chi connectivity index (χ0n) is 17.4. The van der Waals surface area contributed by atoms with Crippen LogP contribution in [0.4, 0.5) is 4.39 Å². The van der Waals surface area contributed by atoms with Crippen LogP contribution in [0.15, 0.2) is 46.8 Å². The number of dihydropyridines is 1. The maximum Gasteiger partial charge on any atom is 0.336 e. The van der Waals surface area contributed by atoms with Gasteiger partial charge in [-0.25, -0.2) is 9.18 Å². The maximum atomic E-state index is 14.8. The Kier molecular flexibility index (Phi) is 6.52. The first kappa shape index (κ1) is 21.6. The van der Waals surface area contributed by atoms with Gasteiger partial charge in [-0.15, -0.1) is 0 Å². The molecule has 156 valence electrons. The molecule has 1 atom stereocenters. The van der Waals surface area contributed by atoms with Crippen molar-refractivity contribution in [1.29, 1.82) is 0 Å². The molecule has 1 aromatic rings. The number of ketones is 1. The normalized spacial score (nSPS) is 21.0. The van der Waals surface area contributed by atoms with Crippen molar-refractivity contribution in [2.75, 3.05) is 18.1 Å². The number of nitrogens with one attached hydrogen (secondary N) is 1. The molecule has 0 bridgehead atoms.